The molecule has 0 spiro atoms. The molecule has 4 aliphatic rings. The predicted octanol–water partition coefficient (Wildman–Crippen LogP) is 19.3. The number of fused-ring (bicyclic) bond motifs is 5. The number of halogens is 7. The summed E-state index contributed by atoms with van der Waals surface area (Å²) in [4.78, 5) is 27.8. The summed E-state index contributed by atoms with van der Waals surface area (Å²) in [5, 5.41) is 60.8. The third-order valence-electron chi connectivity index (χ3n) is 24.9. The number of nitrogens with zero attached hydrogens (tertiary/aromatic N) is 20. The summed E-state index contributed by atoms with van der Waals surface area (Å²) in [7, 11) is -12.9. The molecule has 4 saturated heterocycles. The van der Waals surface area contributed by atoms with Crippen LogP contribution in [0.2, 0.25) is 102 Å². The van der Waals surface area contributed by atoms with Gasteiger partial charge in [-0.1, -0.05) is 117 Å². The summed E-state index contributed by atoms with van der Waals surface area (Å²) in [6.07, 6.45) is 32.0. The molecular weight excluding hydrogens is 2160 g/mol. The highest BCUT2D eigenvalue weighted by Gasteiger charge is 2.53. The molecule has 0 bridgehead atoms. The van der Waals surface area contributed by atoms with E-state index in [0.717, 1.165) is 140 Å². The number of nitriles is 3. The molecule has 5 N–H and O–H groups in total. The maximum Gasteiger partial charge on any atom is 0.419 e. The molecule has 4 fully saturated rings. The molecular formula is C93H119BBr2Cl5N25O10S3Si3. The van der Waals surface area contributed by atoms with Gasteiger partial charge in [0.1, 0.15) is 59.5 Å². The van der Waals surface area contributed by atoms with Crippen LogP contribution in [0.3, 0.4) is 0 Å². The number of ether oxygens (including phenoxy) is 3. The maximum atomic E-state index is 12.2. The molecule has 18 rings (SSSR count). The Morgan fingerprint density at radius 1 is 0.514 bits per heavy atom. The fourth-order valence-corrected chi connectivity index (χ4v) is 23.3. The molecule has 18 heterocycles. The molecule has 0 atom stereocenters. The Hall–Kier alpha value is -8.84. The van der Waals surface area contributed by atoms with Gasteiger partial charge in [-0.15, -0.1) is 0 Å². The molecule has 0 radical (unpaired) electrons. The zero-order chi connectivity index (χ0) is 103. The Bertz CT molecular complexity index is 7280. The largest absolute Gasteiger partial charge is 0.419 e. The number of sulfonamides is 3. The standard InChI is InChI=1S/C23H31ClN6O3SSi.C17H17ClN6O2S.C17H23ClN4OSi.C13H18BrClN2OSi.C9H16BN3O.C7H4BrClN2.C7H10N2O2S/c1-5-34(31,32)29-15-23(16-29,7-8-25)30-14-18(12-27-30)21-19-6-9-28(22(19)26-13-20(21)24)17-33-10-11-35(2,3)4;1-2-27(25,26)23-10-17(11-23,4-5-19)24-9-12(7-22-24)15-13-3-6-20-16(13)21-8-14(15)18;1-12-14(9-20-21-12)16-13-5-6-22(17(13)19-10-15(16)18)11-23-7-8-24(2,3)4;1-19(2,3)7-6-18-9-17-5-4-10-12(14)11(15)8-16-13(10)17;1-8(2)9(3,4)14-10(13-8)7-5-11-12-6-7;8-6-4-1-2-10-7(4)11-3-5(6)9;1-2-12(10,11)9-5-7(6-9)3-4-8/h6,9,12-14H,5,7,10-11,15-17H2,1-4H3;3,6-9H,2,4,10-11H2,1H3,(H,20,21);5-6,9-10H,7-8,11H2,1-4H3,(H,20,21);4-5,8H,6-7,9H2,1-3H3;5-6,13H,1-4H3,(H,11,12);1-3H,(H,10,11);3H,2,5-6H2,1H3. The van der Waals surface area contributed by atoms with Crippen LogP contribution in [0, 0.1) is 40.9 Å². The van der Waals surface area contributed by atoms with Crippen molar-refractivity contribution >= 4 is 212 Å². The van der Waals surface area contributed by atoms with Crippen molar-refractivity contribution in [2.45, 2.75) is 188 Å². The number of aromatic nitrogens is 18. The second-order valence-electron chi connectivity index (χ2n) is 39.5. The predicted molar refractivity (Wildman–Crippen MR) is 578 cm³/mol. The van der Waals surface area contributed by atoms with Crippen LogP contribution in [0.5, 0.6) is 0 Å². The quantitative estimate of drug-likeness (QED) is 0.0165. The number of nitrogens with one attached hydrogen (secondary N) is 5. The minimum Gasteiger partial charge on any atom is -0.411 e. The van der Waals surface area contributed by atoms with Crippen LogP contribution in [0.4, 0.5) is 0 Å². The molecule has 142 heavy (non-hydrogen) atoms. The van der Waals surface area contributed by atoms with E-state index in [2.05, 4.69) is 201 Å². The normalized spacial score (nSPS) is 15.7. The van der Waals surface area contributed by atoms with E-state index in [9.17, 15) is 35.8 Å². The zero-order valence-corrected chi connectivity index (χ0v) is 94.8. The highest BCUT2D eigenvalue weighted by Crippen LogP contribution is 2.43. The lowest BCUT2D eigenvalue weighted by atomic mass is 9.75. The molecule has 0 aliphatic carbocycles. The third-order valence-corrected chi connectivity index (χ3v) is 38.9. The Balaban J connectivity index is 0.000000153. The molecule has 0 unspecified atom stereocenters. The van der Waals surface area contributed by atoms with Gasteiger partial charge < -0.3 is 47.8 Å². The van der Waals surface area contributed by atoms with Crippen LogP contribution in [-0.2, 0) is 80.2 Å². The van der Waals surface area contributed by atoms with Crippen molar-refractivity contribution in [3.63, 3.8) is 0 Å². The van der Waals surface area contributed by atoms with Gasteiger partial charge in [0, 0.05) is 262 Å². The lowest BCUT2D eigenvalue weighted by Crippen LogP contribution is -2.64. The second kappa shape index (κ2) is 46.9. The fraction of sp³-hybridized carbons (Fsp3) is 0.441. The monoisotopic (exact) mass is 2270 g/mol. The summed E-state index contributed by atoms with van der Waals surface area (Å²) < 4.78 is 110. The second-order valence-corrected chi connectivity index (χ2v) is 66.8. The van der Waals surface area contributed by atoms with Crippen molar-refractivity contribution in [3.8, 4) is 51.6 Å². The smallest absolute Gasteiger partial charge is 0.411 e. The number of hydrogen-bond donors (Lipinski definition) is 5. The Labute approximate surface area is 873 Å². The number of rotatable bonds is 29. The average Bonchev–Trinajstić information content (AvgIpc) is 1.41. The van der Waals surface area contributed by atoms with Crippen LogP contribution >= 0.6 is 89.9 Å². The van der Waals surface area contributed by atoms with Gasteiger partial charge in [-0.25, -0.2) is 50.2 Å². The minimum atomic E-state index is -3.31. The number of hydrogen-bond acceptors (Lipinski definition) is 23. The Morgan fingerprint density at radius 2 is 0.915 bits per heavy atom. The number of aryl methyl sites for hydroxylation is 1. The molecule has 14 aromatic heterocycles. The molecule has 0 aromatic carbocycles. The molecule has 0 saturated carbocycles. The number of allylic oxidation sites excluding steroid dienone is 1. The first-order valence-corrected chi connectivity index (χ1v) is 65.4. The molecule has 4 aliphatic heterocycles. The van der Waals surface area contributed by atoms with Crippen LogP contribution in [-0.4, -0.2) is 245 Å². The lowest BCUT2D eigenvalue weighted by molar-refractivity contribution is 0.0719. The third kappa shape index (κ3) is 26.9. The van der Waals surface area contributed by atoms with Crippen molar-refractivity contribution in [2.24, 2.45) is 0 Å². The van der Waals surface area contributed by atoms with Crippen molar-refractivity contribution in [3.05, 3.63) is 187 Å². The Morgan fingerprint density at radius 3 is 1.33 bits per heavy atom. The van der Waals surface area contributed by atoms with E-state index in [-0.39, 0.29) is 74.5 Å². The summed E-state index contributed by atoms with van der Waals surface area (Å²) >= 11 is 38.1. The fourth-order valence-electron chi connectivity index (χ4n) is 15.5. The topological polar surface area (TPSA) is 436 Å². The van der Waals surface area contributed by atoms with Crippen LogP contribution in [0.25, 0.3) is 88.5 Å². The van der Waals surface area contributed by atoms with E-state index in [0.29, 0.717) is 65.0 Å². The van der Waals surface area contributed by atoms with Gasteiger partial charge in [0.2, 0.25) is 30.1 Å². The first kappa shape index (κ1) is 112. The SMILES string of the molecule is CC1(C)NB(c2cn[nH]c2)OC1(C)C.CCS(=O)(=O)N1CC(=CC#N)C1.CCS(=O)(=O)N1CC(CC#N)(n2cc(-c3c(Cl)cnc4[nH]ccc34)cn2)C1.CCS(=O)(=O)N1CC(CC#N)(n2cc(-c3c(Cl)cnc4c3ccn4COCC[Si](C)(C)C)cn2)C1.C[Si](C)(C)CCOCn1ccc2c(Br)c(Cl)cnc21.Cc1[nH]ncc1-c1c(Cl)cnc2c1ccn2COCC[Si](C)(C)C.Clc1cnc2[nH]ccc2c1Br. The number of aromatic amines is 4. The van der Waals surface area contributed by atoms with E-state index in [4.69, 9.17) is 82.1 Å². The average molecular weight is 2280 g/mol. The molecule has 49 heteroatoms. The first-order valence-electron chi connectivity index (χ1n) is 45.9. The van der Waals surface area contributed by atoms with Crippen molar-refractivity contribution in [1.82, 2.24) is 107 Å². The van der Waals surface area contributed by atoms with Gasteiger partial charge in [0.25, 0.3) is 0 Å². The van der Waals surface area contributed by atoms with Gasteiger partial charge in [0.15, 0.2) is 0 Å². The zero-order valence-electron chi connectivity index (χ0n) is 82.4. The highest BCUT2D eigenvalue weighted by atomic mass is 79.9. The number of H-pyrrole nitrogens is 4. The van der Waals surface area contributed by atoms with E-state index < -0.39 is 65.4 Å². The van der Waals surface area contributed by atoms with Crippen molar-refractivity contribution < 1.29 is 44.1 Å². The van der Waals surface area contributed by atoms with Crippen molar-refractivity contribution in [2.75, 3.05) is 76.3 Å². The molecule has 14 aromatic rings. The van der Waals surface area contributed by atoms with E-state index >= 15 is 0 Å². The summed E-state index contributed by atoms with van der Waals surface area (Å²) in [5.74, 6) is 0.203. The molecule has 35 nitrogen and oxygen atoms in total. The van der Waals surface area contributed by atoms with E-state index in [1.807, 2.05) is 100 Å². The Kier molecular flexibility index (Phi) is 37.0. The van der Waals surface area contributed by atoms with Crippen molar-refractivity contribution in [1.29, 1.82) is 15.8 Å². The van der Waals surface area contributed by atoms with Crippen LogP contribution in [0.1, 0.15) is 67.0 Å². The lowest BCUT2D eigenvalue weighted by Gasteiger charge is -2.47. The minimum absolute atomic E-state index is 0.0312. The van der Waals surface area contributed by atoms with Gasteiger partial charge in [-0.05, 0) is 141 Å². The summed E-state index contributed by atoms with van der Waals surface area (Å²) in [6, 6.07) is 19.5. The number of pyridine rings is 5. The molecule has 758 valence electrons. The van der Waals surface area contributed by atoms with Gasteiger partial charge in [-0.2, -0.15) is 49.1 Å². The summed E-state index contributed by atoms with van der Waals surface area (Å²) in [5.41, 5.74) is 10.6. The van der Waals surface area contributed by atoms with Gasteiger partial charge in [-0.3, -0.25) is 19.6 Å². The van der Waals surface area contributed by atoms with E-state index in [1.54, 1.807) is 92.1 Å². The highest BCUT2D eigenvalue weighted by molar-refractivity contribution is 9.11. The summed E-state index contributed by atoms with van der Waals surface area (Å²) in [6.45, 7) is 41.9. The van der Waals surface area contributed by atoms with Crippen LogP contribution in [0.15, 0.2) is 156 Å². The maximum absolute atomic E-state index is 12.2. The first-order chi connectivity index (χ1) is 67.0. The van der Waals surface area contributed by atoms with E-state index in [1.165, 1.54) is 25.0 Å². The van der Waals surface area contributed by atoms with Gasteiger partial charge >= 0.3 is 7.05 Å². The van der Waals surface area contributed by atoms with Gasteiger partial charge in [0.05, 0.1) is 97.6 Å². The molecule has 0 amide bonds. The van der Waals surface area contributed by atoms with Crippen LogP contribution < -0.4 is 10.7 Å².